The molecule has 1 N–H and O–H groups in total. The summed E-state index contributed by atoms with van der Waals surface area (Å²) in [5, 5.41) is 0. The predicted octanol–water partition coefficient (Wildman–Crippen LogP) is 24.6. The lowest BCUT2D eigenvalue weighted by atomic mass is 10.0. The first-order chi connectivity index (χ1) is 46.0. The zero-order valence-corrected chi connectivity index (χ0v) is 61.0. The fourth-order valence-corrected chi connectivity index (χ4v) is 10.0. The van der Waals surface area contributed by atoms with E-state index in [0.29, 0.717) is 17.4 Å². The second-order valence-electron chi connectivity index (χ2n) is 24.9. The molecule has 0 aliphatic rings. The van der Waals surface area contributed by atoms with Gasteiger partial charge in [0.15, 0.2) is 6.10 Å². The summed E-state index contributed by atoms with van der Waals surface area (Å²) in [6.07, 6.45) is 114. The van der Waals surface area contributed by atoms with Gasteiger partial charge in [-0.2, -0.15) is 0 Å². The minimum Gasteiger partial charge on any atom is -0.462 e. The normalized spacial score (nSPS) is 14.3. The zero-order chi connectivity index (χ0) is 68.3. The molecule has 0 aliphatic heterocycles. The lowest BCUT2D eigenvalue weighted by Gasteiger charge is -2.24. The highest BCUT2D eigenvalue weighted by Gasteiger charge is 2.27. The van der Waals surface area contributed by atoms with Crippen LogP contribution in [0.5, 0.6) is 0 Å². The lowest BCUT2D eigenvalue weighted by Crippen LogP contribution is -2.37. The molecule has 0 bridgehead atoms. The van der Waals surface area contributed by atoms with Gasteiger partial charge in [0.1, 0.15) is 19.8 Å². The Morgan fingerprint density at radius 1 is 0.330 bits per heavy atom. The Kier molecular flexibility index (Phi) is 67.7. The summed E-state index contributed by atoms with van der Waals surface area (Å²) >= 11 is 0. The highest BCUT2D eigenvalue weighted by Crippen LogP contribution is 2.43. The van der Waals surface area contributed by atoms with Crippen LogP contribution in [-0.4, -0.2) is 74.9 Å². The van der Waals surface area contributed by atoms with E-state index in [4.69, 9.17) is 18.5 Å². The van der Waals surface area contributed by atoms with Crippen LogP contribution in [0, 0.1) is 0 Å². The molecule has 0 aromatic rings. The van der Waals surface area contributed by atoms with Crippen molar-refractivity contribution >= 4 is 19.8 Å². The summed E-state index contributed by atoms with van der Waals surface area (Å²) in [6, 6.07) is 0. The van der Waals surface area contributed by atoms with Crippen LogP contribution in [0.25, 0.3) is 0 Å². The molecule has 0 aliphatic carbocycles. The largest absolute Gasteiger partial charge is 0.472 e. The maximum absolute atomic E-state index is 12.9. The number of phosphoric ester groups is 1. The molecule has 0 saturated heterocycles. The summed E-state index contributed by atoms with van der Waals surface area (Å²) in [7, 11) is 1.42. The van der Waals surface area contributed by atoms with Crippen LogP contribution in [0.1, 0.15) is 258 Å². The Bertz CT molecular complexity index is 2340. The van der Waals surface area contributed by atoms with Crippen molar-refractivity contribution in [2.45, 2.75) is 264 Å². The molecule has 528 valence electrons. The molecule has 10 heteroatoms. The van der Waals surface area contributed by atoms with Crippen molar-refractivity contribution in [3.63, 3.8) is 0 Å². The van der Waals surface area contributed by atoms with E-state index >= 15 is 0 Å². The van der Waals surface area contributed by atoms with Crippen LogP contribution in [0.4, 0.5) is 0 Å². The monoisotopic (exact) mass is 1320 g/mol. The molecular weight excluding hydrogens is 1180 g/mol. The molecule has 0 aromatic heterocycles. The zero-order valence-electron chi connectivity index (χ0n) is 60.1. The SMILES string of the molecule is CC/C=C\C/C=C\C/C=C\C/C=C\C/C=C\C/C=C\C/C=C\C/C=C\C/C=C\C/C=C\CCCCC(=O)OC(COC(=O)CCCCCCCCCCCCCCCCC/C=C\C/C=C\C/C=C\C/C=C\C/C=C\C/C=C\C/C=C\CC)COP(=O)(O)OCC[N+](C)(C)C. The lowest BCUT2D eigenvalue weighted by molar-refractivity contribution is -0.870. The van der Waals surface area contributed by atoms with Crippen LogP contribution < -0.4 is 0 Å². The third kappa shape index (κ3) is 75.6. The van der Waals surface area contributed by atoms with E-state index in [1.165, 1.54) is 83.5 Å². The van der Waals surface area contributed by atoms with E-state index in [0.717, 1.165) is 141 Å². The van der Waals surface area contributed by atoms with Gasteiger partial charge in [0, 0.05) is 12.8 Å². The van der Waals surface area contributed by atoms with Gasteiger partial charge >= 0.3 is 19.8 Å². The van der Waals surface area contributed by atoms with Crippen molar-refractivity contribution in [1.82, 2.24) is 0 Å². The summed E-state index contributed by atoms with van der Waals surface area (Å²) in [5.41, 5.74) is 0. The van der Waals surface area contributed by atoms with Crippen molar-refractivity contribution in [3.05, 3.63) is 207 Å². The number of carbonyl (C=O) groups excluding carboxylic acids is 2. The average molecular weight is 1320 g/mol. The second kappa shape index (κ2) is 71.9. The Morgan fingerprint density at radius 3 is 0.872 bits per heavy atom. The Morgan fingerprint density at radius 2 is 0.574 bits per heavy atom. The number of hydrogen-bond acceptors (Lipinski definition) is 7. The van der Waals surface area contributed by atoms with Gasteiger partial charge in [0.25, 0.3) is 0 Å². The molecule has 94 heavy (non-hydrogen) atoms. The number of ether oxygens (including phenoxy) is 2. The molecule has 0 amide bonds. The number of nitrogens with zero attached hydrogens (tertiary/aromatic N) is 1. The fraction of sp³-hybridized carbons (Fsp3) is 0.571. The van der Waals surface area contributed by atoms with Gasteiger partial charge in [0.2, 0.25) is 0 Å². The molecule has 0 spiro atoms. The quantitative estimate of drug-likeness (QED) is 0.0211. The van der Waals surface area contributed by atoms with E-state index in [-0.39, 0.29) is 32.0 Å². The van der Waals surface area contributed by atoms with E-state index in [1.54, 1.807) is 0 Å². The van der Waals surface area contributed by atoms with Crippen molar-refractivity contribution in [3.8, 4) is 0 Å². The minimum atomic E-state index is -4.42. The summed E-state index contributed by atoms with van der Waals surface area (Å²) in [4.78, 5) is 35.9. The number of quaternary nitrogens is 1. The number of unbranched alkanes of at least 4 members (excludes halogenated alkanes) is 17. The first kappa shape index (κ1) is 88.6. The first-order valence-corrected chi connectivity index (χ1v) is 38.3. The van der Waals surface area contributed by atoms with Crippen molar-refractivity contribution in [2.75, 3.05) is 47.5 Å². The van der Waals surface area contributed by atoms with E-state index in [9.17, 15) is 19.0 Å². The number of phosphoric acid groups is 1. The van der Waals surface area contributed by atoms with Crippen LogP contribution in [-0.2, 0) is 32.7 Å². The number of esters is 2. The van der Waals surface area contributed by atoms with E-state index < -0.39 is 26.5 Å². The van der Waals surface area contributed by atoms with Gasteiger partial charge in [-0.25, -0.2) is 4.57 Å². The molecule has 0 fully saturated rings. The molecular formula is C84H135NO8P+. The summed E-state index contributed by atoms with van der Waals surface area (Å²) in [5.74, 6) is -0.860. The Labute approximate surface area is 576 Å². The van der Waals surface area contributed by atoms with Crippen LogP contribution in [0.2, 0.25) is 0 Å². The van der Waals surface area contributed by atoms with Gasteiger partial charge < -0.3 is 18.9 Å². The molecule has 0 heterocycles. The number of allylic oxidation sites excluding steroid dienone is 34. The van der Waals surface area contributed by atoms with Gasteiger partial charge in [-0.05, 0) is 148 Å². The van der Waals surface area contributed by atoms with Gasteiger partial charge in [-0.1, -0.05) is 304 Å². The molecule has 2 atom stereocenters. The van der Waals surface area contributed by atoms with Gasteiger partial charge in [-0.15, -0.1) is 0 Å². The minimum absolute atomic E-state index is 0.0125. The smallest absolute Gasteiger partial charge is 0.462 e. The molecule has 2 unspecified atom stereocenters. The van der Waals surface area contributed by atoms with Gasteiger partial charge in [0.05, 0.1) is 27.7 Å². The maximum atomic E-state index is 12.9. The Balaban J connectivity index is 4.16. The van der Waals surface area contributed by atoms with Crippen LogP contribution in [0.3, 0.4) is 0 Å². The Hall–Kier alpha value is -5.41. The first-order valence-electron chi connectivity index (χ1n) is 36.8. The highest BCUT2D eigenvalue weighted by molar-refractivity contribution is 7.47. The third-order valence-corrected chi connectivity index (χ3v) is 15.8. The molecule has 0 saturated carbocycles. The van der Waals surface area contributed by atoms with Crippen LogP contribution in [0.15, 0.2) is 207 Å². The summed E-state index contributed by atoms with van der Waals surface area (Å²) < 4.78 is 34.7. The second-order valence-corrected chi connectivity index (χ2v) is 26.3. The van der Waals surface area contributed by atoms with Crippen molar-refractivity contribution < 1.29 is 42.1 Å². The third-order valence-electron chi connectivity index (χ3n) is 14.8. The predicted molar refractivity (Wildman–Crippen MR) is 408 cm³/mol. The molecule has 0 radical (unpaired) electrons. The van der Waals surface area contributed by atoms with E-state index in [2.05, 4.69) is 220 Å². The number of rotatable bonds is 65. The van der Waals surface area contributed by atoms with E-state index in [1.807, 2.05) is 21.1 Å². The molecule has 9 nitrogen and oxygen atoms in total. The topological polar surface area (TPSA) is 108 Å². The number of hydrogen-bond donors (Lipinski definition) is 1. The standard InChI is InChI=1S/C84H134NO8P/c1-6-8-10-12-14-16-18-20-22-24-26-28-30-32-34-36-38-40-41-42-43-45-46-48-50-52-54-56-58-60-62-64-66-68-70-72-74-76-83(86)90-80-82(81-92-94(88,89)91-79-78-85(3,4)5)93-84(87)77-75-73-71-69-67-65-63-61-59-57-55-53-51-49-47-44-39-37-35-33-31-29-27-25-23-21-19-17-15-13-11-9-7-2/h8-11,14-17,20-23,26-29,32-35,38-40,42-44,49,51,55,57,61,63,67,69,82H,6-7,12-13,18-19,24-25,30-31,36-37,41,45-48,50,52-54,56,58-60,62,64-66,68,70-81H2,1-5H3/p+1/b10-8-,11-9-,16-14-,17-15-,22-20-,23-21-,28-26-,29-27-,34-32-,35-33-,40-38-,43-42-,44-39-,51-49-,57-55-,63-61-,69-67-. The average Bonchev–Trinajstić information content (AvgIpc) is 1.56. The fourth-order valence-electron chi connectivity index (χ4n) is 9.26. The van der Waals surface area contributed by atoms with Crippen molar-refractivity contribution in [2.24, 2.45) is 0 Å². The highest BCUT2D eigenvalue weighted by atomic mass is 31.2. The molecule has 0 aromatic carbocycles. The summed E-state index contributed by atoms with van der Waals surface area (Å²) in [6.45, 7) is 4.14. The van der Waals surface area contributed by atoms with Gasteiger partial charge in [-0.3, -0.25) is 18.6 Å². The number of likely N-dealkylation sites (N-methyl/N-ethyl adjacent to an activating group) is 1. The van der Waals surface area contributed by atoms with Crippen molar-refractivity contribution in [1.29, 1.82) is 0 Å². The number of carbonyl (C=O) groups is 2. The van der Waals surface area contributed by atoms with Crippen LogP contribution >= 0.6 is 7.82 Å². The maximum Gasteiger partial charge on any atom is 0.472 e. The molecule has 0 rings (SSSR count).